The zero-order valence-corrected chi connectivity index (χ0v) is 13.1. The van der Waals surface area contributed by atoms with Gasteiger partial charge in [-0.1, -0.05) is 13.3 Å². The topological polar surface area (TPSA) is 68.8 Å². The smallest absolute Gasteiger partial charge is 0.239 e. The average Bonchev–Trinajstić information content (AvgIpc) is 2.51. The van der Waals surface area contributed by atoms with Crippen LogP contribution in [0, 0.1) is 0 Å². The van der Waals surface area contributed by atoms with E-state index in [0.29, 0.717) is 23.8 Å². The second-order valence-corrected chi connectivity index (χ2v) is 4.47. The molecule has 118 valence electrons. The molecule has 0 spiro atoms. The molecule has 6 heteroatoms. The Labute approximate surface area is 125 Å². The van der Waals surface area contributed by atoms with Crippen LogP contribution in [0.3, 0.4) is 0 Å². The van der Waals surface area contributed by atoms with Gasteiger partial charge >= 0.3 is 0 Å². The summed E-state index contributed by atoms with van der Waals surface area (Å²) in [6.45, 7) is 2.98. The quantitative estimate of drug-likeness (QED) is 0.683. The maximum atomic E-state index is 11.7. The van der Waals surface area contributed by atoms with E-state index in [1.54, 1.807) is 33.5 Å². The number of carbonyl (C=O) groups is 1. The summed E-state index contributed by atoms with van der Waals surface area (Å²) in [4.78, 5) is 11.7. The highest BCUT2D eigenvalue weighted by atomic mass is 16.5. The minimum absolute atomic E-state index is 0.0443. The summed E-state index contributed by atoms with van der Waals surface area (Å²) in [6.07, 6.45) is 2.04. The summed E-state index contributed by atoms with van der Waals surface area (Å²) in [5, 5.41) is 5.89. The van der Waals surface area contributed by atoms with Crippen LogP contribution in [0.1, 0.15) is 19.8 Å². The molecule has 1 aromatic rings. The molecule has 0 aliphatic rings. The van der Waals surface area contributed by atoms with Crippen LogP contribution in [0.5, 0.6) is 17.2 Å². The molecule has 1 aromatic carbocycles. The van der Waals surface area contributed by atoms with Crippen molar-refractivity contribution in [2.75, 3.05) is 39.7 Å². The third kappa shape index (κ3) is 5.06. The second kappa shape index (κ2) is 8.94. The van der Waals surface area contributed by atoms with Gasteiger partial charge in [0.1, 0.15) is 0 Å². The van der Waals surface area contributed by atoms with Crippen molar-refractivity contribution >= 4 is 11.6 Å². The molecule has 0 bridgehead atoms. The summed E-state index contributed by atoms with van der Waals surface area (Å²) < 4.78 is 15.8. The number of ether oxygens (including phenoxy) is 3. The highest BCUT2D eigenvalue weighted by Crippen LogP contribution is 2.39. The monoisotopic (exact) mass is 296 g/mol. The van der Waals surface area contributed by atoms with Crippen LogP contribution in [-0.4, -0.2) is 40.3 Å². The van der Waals surface area contributed by atoms with E-state index in [1.807, 2.05) is 0 Å². The molecular formula is C15H24N2O4. The van der Waals surface area contributed by atoms with E-state index < -0.39 is 0 Å². The van der Waals surface area contributed by atoms with Gasteiger partial charge in [0.25, 0.3) is 0 Å². The lowest BCUT2D eigenvalue weighted by molar-refractivity contribution is -0.119. The van der Waals surface area contributed by atoms with Gasteiger partial charge in [-0.25, -0.2) is 0 Å². The Morgan fingerprint density at radius 2 is 1.71 bits per heavy atom. The Balaban J connectivity index is 2.69. The minimum Gasteiger partial charge on any atom is -0.493 e. The van der Waals surface area contributed by atoms with Crippen LogP contribution in [0.25, 0.3) is 0 Å². The molecule has 2 N–H and O–H groups in total. The van der Waals surface area contributed by atoms with E-state index in [1.165, 1.54) is 0 Å². The lowest BCUT2D eigenvalue weighted by Crippen LogP contribution is -2.30. The number of rotatable bonds is 9. The van der Waals surface area contributed by atoms with E-state index >= 15 is 0 Å². The molecule has 1 amide bonds. The first kappa shape index (κ1) is 16.9. The van der Waals surface area contributed by atoms with Crippen LogP contribution in [0.4, 0.5) is 5.69 Å². The largest absolute Gasteiger partial charge is 0.493 e. The lowest BCUT2D eigenvalue weighted by Gasteiger charge is -2.15. The van der Waals surface area contributed by atoms with Gasteiger partial charge in [0.15, 0.2) is 11.5 Å². The van der Waals surface area contributed by atoms with Gasteiger partial charge in [0.05, 0.1) is 27.9 Å². The van der Waals surface area contributed by atoms with E-state index in [0.717, 1.165) is 18.5 Å². The minimum atomic E-state index is -0.0443. The Hall–Kier alpha value is -2.11. The fraction of sp³-hybridized carbons (Fsp3) is 0.533. The van der Waals surface area contributed by atoms with Crippen LogP contribution < -0.4 is 24.8 Å². The zero-order valence-electron chi connectivity index (χ0n) is 13.1. The fourth-order valence-corrected chi connectivity index (χ4v) is 1.83. The number of hydrogen-bond donors (Lipinski definition) is 2. The predicted molar refractivity (Wildman–Crippen MR) is 82.5 cm³/mol. The molecule has 0 atom stereocenters. The molecule has 0 saturated heterocycles. The molecule has 0 aliphatic heterocycles. The Bertz CT molecular complexity index is 438. The number of unbranched alkanes of at least 4 members (excludes halogenated alkanes) is 1. The first-order chi connectivity index (χ1) is 10.2. The van der Waals surface area contributed by atoms with Crippen LogP contribution in [0.2, 0.25) is 0 Å². The van der Waals surface area contributed by atoms with Crippen molar-refractivity contribution in [2.45, 2.75) is 19.8 Å². The Kier molecular flexibility index (Phi) is 7.21. The van der Waals surface area contributed by atoms with E-state index in [2.05, 4.69) is 17.6 Å². The third-order valence-corrected chi connectivity index (χ3v) is 2.97. The first-order valence-electron chi connectivity index (χ1n) is 6.96. The second-order valence-electron chi connectivity index (χ2n) is 4.47. The van der Waals surface area contributed by atoms with Gasteiger partial charge in [-0.2, -0.15) is 0 Å². The molecule has 6 nitrogen and oxygen atoms in total. The maximum absolute atomic E-state index is 11.7. The number of hydrogen-bond acceptors (Lipinski definition) is 5. The van der Waals surface area contributed by atoms with Gasteiger partial charge in [-0.15, -0.1) is 0 Å². The fourth-order valence-electron chi connectivity index (χ4n) is 1.83. The van der Waals surface area contributed by atoms with Gasteiger partial charge in [-0.05, 0) is 6.42 Å². The van der Waals surface area contributed by atoms with Gasteiger partial charge in [0.2, 0.25) is 11.7 Å². The summed E-state index contributed by atoms with van der Waals surface area (Å²) in [5.74, 6) is 1.58. The molecule has 0 aliphatic carbocycles. The maximum Gasteiger partial charge on any atom is 0.239 e. The normalized spacial score (nSPS) is 9.90. The molecule has 0 heterocycles. The van der Waals surface area contributed by atoms with Crippen molar-refractivity contribution in [3.63, 3.8) is 0 Å². The van der Waals surface area contributed by atoms with E-state index in [4.69, 9.17) is 14.2 Å². The highest BCUT2D eigenvalue weighted by Gasteiger charge is 2.13. The van der Waals surface area contributed by atoms with Crippen LogP contribution in [-0.2, 0) is 4.79 Å². The first-order valence-corrected chi connectivity index (χ1v) is 6.96. The van der Waals surface area contributed by atoms with Crippen LogP contribution >= 0.6 is 0 Å². The SMILES string of the molecule is CCCCNC(=O)CNc1cc(OC)c(OC)c(OC)c1. The van der Waals surface area contributed by atoms with Gasteiger partial charge < -0.3 is 24.8 Å². The molecule has 21 heavy (non-hydrogen) atoms. The number of amides is 1. The van der Waals surface area contributed by atoms with Crippen molar-refractivity contribution in [3.8, 4) is 17.2 Å². The average molecular weight is 296 g/mol. The number of benzene rings is 1. The number of anilines is 1. The number of methoxy groups -OCH3 is 3. The predicted octanol–water partition coefficient (Wildman–Crippen LogP) is 2.04. The molecule has 0 aromatic heterocycles. The van der Waals surface area contributed by atoms with Crippen molar-refractivity contribution in [1.29, 1.82) is 0 Å². The van der Waals surface area contributed by atoms with Gasteiger partial charge in [-0.3, -0.25) is 4.79 Å². The standard InChI is InChI=1S/C15H24N2O4/c1-5-6-7-16-14(18)10-17-11-8-12(19-2)15(21-4)13(9-11)20-3/h8-9,17H,5-7,10H2,1-4H3,(H,16,18). The van der Waals surface area contributed by atoms with Crippen molar-refractivity contribution in [1.82, 2.24) is 5.32 Å². The Morgan fingerprint density at radius 3 is 2.19 bits per heavy atom. The summed E-state index contributed by atoms with van der Waals surface area (Å²) in [6, 6.07) is 3.53. The molecule has 0 unspecified atom stereocenters. The van der Waals surface area contributed by atoms with E-state index in [-0.39, 0.29) is 12.5 Å². The summed E-state index contributed by atoms with van der Waals surface area (Å²) in [5.41, 5.74) is 0.732. The zero-order chi connectivity index (χ0) is 15.7. The number of nitrogens with one attached hydrogen (secondary N) is 2. The molecule has 0 saturated carbocycles. The molecular weight excluding hydrogens is 272 g/mol. The molecule has 0 radical (unpaired) electrons. The Morgan fingerprint density at radius 1 is 1.10 bits per heavy atom. The summed E-state index contributed by atoms with van der Waals surface area (Å²) >= 11 is 0. The summed E-state index contributed by atoms with van der Waals surface area (Å²) in [7, 11) is 4.66. The third-order valence-electron chi connectivity index (χ3n) is 2.97. The molecule has 0 fully saturated rings. The van der Waals surface area contributed by atoms with Crippen LogP contribution in [0.15, 0.2) is 12.1 Å². The van der Waals surface area contributed by atoms with Crippen molar-refractivity contribution in [3.05, 3.63) is 12.1 Å². The van der Waals surface area contributed by atoms with Crippen molar-refractivity contribution < 1.29 is 19.0 Å². The van der Waals surface area contributed by atoms with Crippen molar-refractivity contribution in [2.24, 2.45) is 0 Å². The molecule has 1 rings (SSSR count). The lowest BCUT2D eigenvalue weighted by atomic mass is 10.2. The highest BCUT2D eigenvalue weighted by molar-refractivity contribution is 5.81. The van der Waals surface area contributed by atoms with Gasteiger partial charge in [0, 0.05) is 24.4 Å². The number of carbonyl (C=O) groups excluding carboxylic acids is 1. The van der Waals surface area contributed by atoms with E-state index in [9.17, 15) is 4.79 Å².